The third kappa shape index (κ3) is 4.99. The average molecular weight is 793 g/mol. The number of thiophene rings is 2. The van der Waals surface area contributed by atoms with Crippen LogP contribution in [0.4, 0.5) is 17.1 Å². The topological polar surface area (TPSA) is 28.6 Å². The minimum atomic E-state index is -2.32. The van der Waals surface area contributed by atoms with Gasteiger partial charge in [-0.2, -0.15) is 29.5 Å². The first kappa shape index (κ1) is 25.6. The third-order valence-electron chi connectivity index (χ3n) is 7.84. The molecule has 222 valence electrons. The van der Waals surface area contributed by atoms with Gasteiger partial charge in [0.05, 0.1) is 0 Å². The summed E-state index contributed by atoms with van der Waals surface area (Å²) in [5, 5.41) is 7.22. The van der Waals surface area contributed by atoms with Crippen LogP contribution in [0.25, 0.3) is 42.2 Å². The molecule has 8 rings (SSSR count). The van der Waals surface area contributed by atoms with Crippen LogP contribution in [0.5, 0.6) is 10.8 Å². The van der Waals surface area contributed by atoms with E-state index in [1.165, 1.54) is 31.9 Å². The number of pyridine rings is 1. The first-order valence-corrected chi connectivity index (χ1v) is 15.7. The molecule has 7 heteroatoms. The molecule has 0 N–H and O–H groups in total. The van der Waals surface area contributed by atoms with Gasteiger partial charge in [0.25, 0.3) is 0 Å². The number of fused-ring (bicyclic) bond motifs is 4. The number of aromatic nitrogens is 1. The minimum absolute atomic E-state index is 0. The first-order chi connectivity index (χ1) is 22.0. The zero-order valence-corrected chi connectivity index (χ0v) is 28.0. The Morgan fingerprint density at radius 2 is 1.77 bits per heavy atom. The molecule has 0 spiro atoms. The summed E-state index contributed by atoms with van der Waals surface area (Å²) < 4.78 is 32.8. The van der Waals surface area contributed by atoms with E-state index >= 15 is 0 Å². The number of rotatable bonds is 4. The van der Waals surface area contributed by atoms with E-state index in [0.29, 0.717) is 22.2 Å². The second-order valence-electron chi connectivity index (χ2n) is 11.7. The fraction of sp³-hybridized carbons (Fsp3) is 0.135. The Balaban J connectivity index is 0.00000351. The SMILES string of the molecule is [2H]C([2H])([2H])N1[CH-]N(c2[c-]c(Oc3[c-]c4c(-c5cc(C(C)(C)C)ccn5)c5cc6sccc6cc5cc4s3)ccc2)c2ccccc21.[Pt]. The number of hydrogen-bond acceptors (Lipinski definition) is 6. The molecule has 1 aliphatic rings. The van der Waals surface area contributed by atoms with E-state index in [1.807, 2.05) is 53.6 Å². The molecule has 44 heavy (non-hydrogen) atoms. The van der Waals surface area contributed by atoms with Gasteiger partial charge in [-0.15, -0.1) is 41.3 Å². The van der Waals surface area contributed by atoms with Crippen molar-refractivity contribution in [2.75, 3.05) is 16.8 Å². The number of benzene rings is 4. The summed E-state index contributed by atoms with van der Waals surface area (Å²) in [6.07, 6.45) is 1.90. The van der Waals surface area contributed by atoms with E-state index in [9.17, 15) is 0 Å². The van der Waals surface area contributed by atoms with Gasteiger partial charge in [0, 0.05) is 58.9 Å². The summed E-state index contributed by atoms with van der Waals surface area (Å²) in [5.74, 6) is 0.512. The maximum absolute atomic E-state index is 8.02. The molecular formula is C37H28N3OPtS2-3. The zero-order chi connectivity index (χ0) is 31.8. The predicted molar refractivity (Wildman–Crippen MR) is 182 cm³/mol. The molecule has 0 radical (unpaired) electrons. The minimum Gasteiger partial charge on any atom is -0.504 e. The van der Waals surface area contributed by atoms with Crippen LogP contribution in [0, 0.1) is 18.8 Å². The molecule has 0 saturated carbocycles. The van der Waals surface area contributed by atoms with Gasteiger partial charge in [0.15, 0.2) is 0 Å². The smallest absolute Gasteiger partial charge is 0.107 e. The van der Waals surface area contributed by atoms with Crippen LogP contribution in [-0.4, -0.2) is 12.0 Å². The third-order valence-corrected chi connectivity index (χ3v) is 9.63. The number of ether oxygens (including phenoxy) is 1. The summed E-state index contributed by atoms with van der Waals surface area (Å²) >= 11 is 3.27. The van der Waals surface area contributed by atoms with Gasteiger partial charge >= 0.3 is 0 Å². The molecule has 0 amide bonds. The van der Waals surface area contributed by atoms with Crippen LogP contribution >= 0.6 is 22.7 Å². The molecule has 4 heterocycles. The summed E-state index contributed by atoms with van der Waals surface area (Å²) in [7, 11) is 0. The molecule has 3 aromatic heterocycles. The Hall–Kier alpha value is -3.70. The molecule has 0 aliphatic carbocycles. The van der Waals surface area contributed by atoms with E-state index < -0.39 is 6.98 Å². The number of hydrogen-bond donors (Lipinski definition) is 0. The maximum Gasteiger partial charge on any atom is 0.107 e. The zero-order valence-electron chi connectivity index (χ0n) is 27.1. The van der Waals surface area contributed by atoms with Crippen molar-refractivity contribution in [3.63, 3.8) is 0 Å². The van der Waals surface area contributed by atoms with Crippen LogP contribution < -0.4 is 14.5 Å². The van der Waals surface area contributed by atoms with Crippen LogP contribution in [0.1, 0.15) is 30.4 Å². The number of para-hydroxylation sites is 2. The molecule has 1 aliphatic heterocycles. The molecule has 0 saturated heterocycles. The van der Waals surface area contributed by atoms with Crippen molar-refractivity contribution in [3.8, 4) is 22.1 Å². The van der Waals surface area contributed by atoms with Gasteiger partial charge in [-0.3, -0.25) is 4.98 Å². The van der Waals surface area contributed by atoms with E-state index in [4.69, 9.17) is 13.8 Å². The van der Waals surface area contributed by atoms with Crippen LogP contribution in [0.3, 0.4) is 0 Å². The van der Waals surface area contributed by atoms with Crippen LogP contribution in [0.2, 0.25) is 0 Å². The largest absolute Gasteiger partial charge is 0.504 e. The monoisotopic (exact) mass is 792 g/mol. The average Bonchev–Trinajstić information content (AvgIpc) is 3.75. The Labute approximate surface area is 284 Å². The van der Waals surface area contributed by atoms with E-state index in [1.54, 1.807) is 18.0 Å². The fourth-order valence-electron chi connectivity index (χ4n) is 5.65. The van der Waals surface area contributed by atoms with E-state index in [-0.39, 0.29) is 26.5 Å². The van der Waals surface area contributed by atoms with Crippen molar-refractivity contribution in [2.45, 2.75) is 26.2 Å². The van der Waals surface area contributed by atoms with Crippen molar-refractivity contribution in [2.24, 2.45) is 0 Å². The second kappa shape index (κ2) is 11.0. The van der Waals surface area contributed by atoms with Gasteiger partial charge in [-0.25, -0.2) is 0 Å². The molecular weight excluding hydrogens is 762 g/mol. The Morgan fingerprint density at radius 3 is 2.61 bits per heavy atom. The van der Waals surface area contributed by atoms with Crippen LogP contribution in [0.15, 0.2) is 90.4 Å². The van der Waals surface area contributed by atoms with Crippen molar-refractivity contribution >= 4 is 70.7 Å². The molecule has 0 bridgehead atoms. The Morgan fingerprint density at radius 1 is 0.909 bits per heavy atom. The van der Waals surface area contributed by atoms with Crippen LogP contribution in [-0.2, 0) is 26.5 Å². The summed E-state index contributed by atoms with van der Waals surface area (Å²) in [5.41, 5.74) is 5.21. The van der Waals surface area contributed by atoms with E-state index in [0.717, 1.165) is 37.8 Å². The fourth-order valence-corrected chi connectivity index (χ4v) is 7.39. The standard InChI is InChI=1S/C37H28N3OS2.Pt/c1-37(2,3)25-12-14-38-30(18-25)36-28-20-33-23(13-15-42-33)16-24(28)17-34-29(36)21-35(43-34)41-27-9-7-8-26(19-27)40-22-39(4)31-10-5-6-11-32(31)40;/h5-18,20,22H,1-4H3;/q-3;/i4D3;. The van der Waals surface area contributed by atoms with Crippen molar-refractivity contribution < 1.29 is 29.9 Å². The van der Waals surface area contributed by atoms with Crippen molar-refractivity contribution in [3.05, 3.63) is 115 Å². The van der Waals surface area contributed by atoms with Crippen molar-refractivity contribution in [1.29, 1.82) is 0 Å². The molecule has 0 unspecified atom stereocenters. The normalized spacial score (nSPS) is 14.4. The molecule has 4 aromatic carbocycles. The van der Waals surface area contributed by atoms with Gasteiger partial charge in [0.2, 0.25) is 0 Å². The van der Waals surface area contributed by atoms with Gasteiger partial charge in [0.1, 0.15) is 5.06 Å². The number of nitrogens with zero attached hydrogens (tertiary/aromatic N) is 3. The van der Waals surface area contributed by atoms with Gasteiger partial charge in [-0.1, -0.05) is 54.6 Å². The molecule has 0 atom stereocenters. The maximum atomic E-state index is 8.02. The quantitative estimate of drug-likeness (QED) is 0.166. The predicted octanol–water partition coefficient (Wildman–Crippen LogP) is 10.7. The summed E-state index contributed by atoms with van der Waals surface area (Å²) in [6, 6.07) is 33.2. The summed E-state index contributed by atoms with van der Waals surface area (Å²) in [4.78, 5) is 8.00. The Bertz CT molecular complexity index is 2290. The molecule has 4 nitrogen and oxygen atoms in total. The van der Waals surface area contributed by atoms with Gasteiger partial charge < -0.3 is 14.5 Å². The van der Waals surface area contributed by atoms with Gasteiger partial charge in [-0.05, 0) is 76.6 Å². The Kier molecular flexibility index (Phi) is 6.42. The molecule has 7 aromatic rings. The first-order valence-electron chi connectivity index (χ1n) is 15.5. The molecule has 0 fully saturated rings. The summed E-state index contributed by atoms with van der Waals surface area (Å²) in [6.45, 7) is 5.92. The van der Waals surface area contributed by atoms with Crippen molar-refractivity contribution in [1.82, 2.24) is 4.98 Å². The number of anilines is 3. The second-order valence-corrected chi connectivity index (χ2v) is 13.7. The van der Waals surface area contributed by atoms with E-state index in [2.05, 4.69) is 74.7 Å².